The van der Waals surface area contributed by atoms with E-state index in [1.54, 1.807) is 35.6 Å². The third-order valence-electron chi connectivity index (χ3n) is 5.29. The summed E-state index contributed by atoms with van der Waals surface area (Å²) in [5.41, 5.74) is 0.893. The van der Waals surface area contributed by atoms with Gasteiger partial charge in [-0.1, -0.05) is 24.8 Å². The first-order valence-corrected chi connectivity index (χ1v) is 11.9. The lowest BCUT2D eigenvalue weighted by atomic mass is 10.00. The molecule has 5 heterocycles. The molecule has 9 heteroatoms. The second-order valence-electron chi connectivity index (χ2n) is 7.53. The van der Waals surface area contributed by atoms with E-state index in [9.17, 15) is 0 Å². The largest absolute Gasteiger partial charge is 0.467 e. The summed E-state index contributed by atoms with van der Waals surface area (Å²) in [5, 5.41) is 11.9. The first kappa shape index (κ1) is 19.4. The maximum atomic E-state index is 5.64. The van der Waals surface area contributed by atoms with Crippen molar-refractivity contribution in [3.05, 3.63) is 53.6 Å². The van der Waals surface area contributed by atoms with Crippen molar-refractivity contribution < 1.29 is 8.83 Å². The van der Waals surface area contributed by atoms with E-state index in [1.807, 2.05) is 29.6 Å². The first-order chi connectivity index (χ1) is 14.8. The Morgan fingerprint density at radius 1 is 1.17 bits per heavy atom. The molecule has 0 atom stereocenters. The van der Waals surface area contributed by atoms with Crippen LogP contribution in [-0.4, -0.2) is 32.8 Å². The van der Waals surface area contributed by atoms with E-state index >= 15 is 0 Å². The molecule has 4 aromatic heterocycles. The maximum absolute atomic E-state index is 5.64. The smallest absolute Gasteiger partial charge is 0.236 e. The van der Waals surface area contributed by atoms with Gasteiger partial charge in [-0.2, -0.15) is 0 Å². The Kier molecular flexibility index (Phi) is 5.63. The van der Waals surface area contributed by atoms with E-state index in [-0.39, 0.29) is 0 Å². The number of aromatic nitrogens is 4. The van der Waals surface area contributed by atoms with E-state index in [0.29, 0.717) is 18.2 Å². The lowest BCUT2D eigenvalue weighted by Crippen LogP contribution is -2.35. The Morgan fingerprint density at radius 3 is 2.83 bits per heavy atom. The van der Waals surface area contributed by atoms with Gasteiger partial charge in [0.2, 0.25) is 11.8 Å². The van der Waals surface area contributed by atoms with Crippen molar-refractivity contribution in [3.8, 4) is 10.8 Å². The van der Waals surface area contributed by atoms with E-state index in [1.165, 1.54) is 12.8 Å². The average Bonchev–Trinajstić information content (AvgIpc) is 3.55. The SMILES string of the molecule is CC1CCN(c2nnc(SCc3coc(-c4cccs4)n3)n2Cc2ccco2)CC1. The number of thioether (sulfide) groups is 1. The molecule has 1 aliphatic heterocycles. The van der Waals surface area contributed by atoms with Crippen LogP contribution in [0.5, 0.6) is 0 Å². The number of rotatable bonds is 7. The standard InChI is InChI=1S/C21H23N5O2S2/c1-15-6-8-25(9-7-15)20-23-24-21(26(20)12-17-4-2-10-27-17)30-14-16-13-28-19(22-16)18-5-3-11-29-18/h2-5,10-11,13,15H,6-9,12,14H2,1H3. The second kappa shape index (κ2) is 8.69. The fourth-order valence-electron chi connectivity index (χ4n) is 3.55. The summed E-state index contributed by atoms with van der Waals surface area (Å²) in [6, 6.07) is 7.91. The van der Waals surface area contributed by atoms with E-state index in [2.05, 4.69) is 31.6 Å². The molecular weight excluding hydrogens is 418 g/mol. The molecule has 156 valence electrons. The highest BCUT2D eigenvalue weighted by Crippen LogP contribution is 2.30. The maximum Gasteiger partial charge on any atom is 0.236 e. The van der Waals surface area contributed by atoms with Crippen LogP contribution in [0.4, 0.5) is 5.95 Å². The molecule has 4 aromatic rings. The molecule has 0 amide bonds. The van der Waals surface area contributed by atoms with Gasteiger partial charge in [-0.15, -0.1) is 21.5 Å². The van der Waals surface area contributed by atoms with Crippen LogP contribution in [0, 0.1) is 5.92 Å². The monoisotopic (exact) mass is 441 g/mol. The van der Waals surface area contributed by atoms with Crippen LogP contribution >= 0.6 is 23.1 Å². The van der Waals surface area contributed by atoms with Crippen molar-refractivity contribution in [2.75, 3.05) is 18.0 Å². The minimum Gasteiger partial charge on any atom is -0.467 e. The van der Waals surface area contributed by atoms with E-state index in [4.69, 9.17) is 8.83 Å². The Morgan fingerprint density at radius 2 is 2.07 bits per heavy atom. The van der Waals surface area contributed by atoms with Crippen LogP contribution in [-0.2, 0) is 12.3 Å². The summed E-state index contributed by atoms with van der Waals surface area (Å²) in [6.45, 7) is 4.95. The van der Waals surface area contributed by atoms with Gasteiger partial charge in [0.1, 0.15) is 12.0 Å². The third-order valence-corrected chi connectivity index (χ3v) is 7.15. The van der Waals surface area contributed by atoms with Gasteiger partial charge >= 0.3 is 0 Å². The molecule has 1 saturated heterocycles. The summed E-state index contributed by atoms with van der Waals surface area (Å²) in [7, 11) is 0. The second-order valence-corrected chi connectivity index (χ2v) is 9.42. The number of oxazole rings is 1. The van der Waals surface area contributed by atoms with Gasteiger partial charge in [0.25, 0.3) is 0 Å². The molecule has 0 N–H and O–H groups in total. The molecule has 0 saturated carbocycles. The zero-order valence-electron chi connectivity index (χ0n) is 16.7. The number of nitrogens with zero attached hydrogens (tertiary/aromatic N) is 5. The molecule has 0 unspecified atom stereocenters. The lowest BCUT2D eigenvalue weighted by Gasteiger charge is -2.31. The zero-order valence-corrected chi connectivity index (χ0v) is 18.4. The quantitative estimate of drug-likeness (QED) is 0.367. The number of furan rings is 1. The Labute approximate surface area is 183 Å². The summed E-state index contributed by atoms with van der Waals surface area (Å²) in [5.74, 6) is 3.91. The van der Waals surface area contributed by atoms with Gasteiger partial charge < -0.3 is 13.7 Å². The molecule has 0 spiro atoms. The van der Waals surface area contributed by atoms with E-state index < -0.39 is 0 Å². The number of hydrogen-bond donors (Lipinski definition) is 0. The van der Waals surface area contributed by atoms with E-state index in [0.717, 1.165) is 46.4 Å². The molecule has 0 bridgehead atoms. The molecule has 30 heavy (non-hydrogen) atoms. The minimum absolute atomic E-state index is 0.614. The van der Waals surface area contributed by atoms with Crippen molar-refractivity contribution in [1.82, 2.24) is 19.7 Å². The van der Waals surface area contributed by atoms with Gasteiger partial charge in [-0.25, -0.2) is 4.98 Å². The van der Waals surface area contributed by atoms with Gasteiger partial charge in [0, 0.05) is 18.8 Å². The van der Waals surface area contributed by atoms with Crippen LogP contribution < -0.4 is 4.90 Å². The third kappa shape index (κ3) is 4.17. The normalized spacial score (nSPS) is 15.2. The molecule has 5 rings (SSSR count). The Bertz CT molecular complexity index is 1060. The summed E-state index contributed by atoms with van der Waals surface area (Å²) in [4.78, 5) is 7.99. The van der Waals surface area contributed by atoms with Gasteiger partial charge in [-0.05, 0) is 42.3 Å². The Balaban J connectivity index is 1.35. The fourth-order valence-corrected chi connectivity index (χ4v) is 5.02. The highest BCUT2D eigenvalue weighted by Gasteiger charge is 2.23. The first-order valence-electron chi connectivity index (χ1n) is 10.1. The Hall–Kier alpha value is -2.52. The molecule has 7 nitrogen and oxygen atoms in total. The number of thiophene rings is 1. The molecule has 0 radical (unpaired) electrons. The molecular formula is C21H23N5O2S2. The molecule has 0 aromatic carbocycles. The highest BCUT2D eigenvalue weighted by molar-refractivity contribution is 7.98. The van der Waals surface area contributed by atoms with Crippen molar-refractivity contribution in [2.45, 2.75) is 37.2 Å². The van der Waals surface area contributed by atoms with Crippen LogP contribution in [0.25, 0.3) is 10.8 Å². The zero-order chi connectivity index (χ0) is 20.3. The average molecular weight is 442 g/mol. The van der Waals surface area contributed by atoms with Crippen LogP contribution in [0.15, 0.2) is 56.2 Å². The van der Waals surface area contributed by atoms with Crippen LogP contribution in [0.1, 0.15) is 31.2 Å². The number of piperidine rings is 1. The van der Waals surface area contributed by atoms with Crippen molar-refractivity contribution in [3.63, 3.8) is 0 Å². The minimum atomic E-state index is 0.614. The van der Waals surface area contributed by atoms with Crippen LogP contribution in [0.2, 0.25) is 0 Å². The molecule has 1 fully saturated rings. The summed E-state index contributed by atoms with van der Waals surface area (Å²) >= 11 is 3.24. The van der Waals surface area contributed by atoms with Crippen LogP contribution in [0.3, 0.4) is 0 Å². The number of hydrogen-bond acceptors (Lipinski definition) is 8. The topological polar surface area (TPSA) is 73.1 Å². The molecule has 0 aliphatic carbocycles. The fraction of sp³-hybridized carbons (Fsp3) is 0.381. The van der Waals surface area contributed by atoms with Crippen molar-refractivity contribution >= 4 is 29.0 Å². The highest BCUT2D eigenvalue weighted by atomic mass is 32.2. The van der Waals surface area contributed by atoms with Gasteiger partial charge in [-0.3, -0.25) is 4.57 Å². The van der Waals surface area contributed by atoms with Crippen molar-refractivity contribution in [2.24, 2.45) is 5.92 Å². The number of anilines is 1. The predicted molar refractivity (Wildman–Crippen MR) is 118 cm³/mol. The van der Waals surface area contributed by atoms with Gasteiger partial charge in [0.05, 0.1) is 23.4 Å². The predicted octanol–water partition coefficient (Wildman–Crippen LogP) is 5.16. The summed E-state index contributed by atoms with van der Waals surface area (Å²) in [6.07, 6.45) is 5.79. The lowest BCUT2D eigenvalue weighted by molar-refractivity contribution is 0.427. The molecule has 1 aliphatic rings. The summed E-state index contributed by atoms with van der Waals surface area (Å²) < 4.78 is 13.4. The van der Waals surface area contributed by atoms with Gasteiger partial charge in [0.15, 0.2) is 5.16 Å². The van der Waals surface area contributed by atoms with Crippen molar-refractivity contribution in [1.29, 1.82) is 0 Å².